The van der Waals surface area contributed by atoms with Crippen molar-refractivity contribution >= 4 is 22.2 Å². The molecule has 0 aliphatic heterocycles. The second-order valence-corrected chi connectivity index (χ2v) is 7.57. The van der Waals surface area contributed by atoms with Crippen LogP contribution in [0.25, 0.3) is 0 Å². The molecule has 0 saturated heterocycles. The van der Waals surface area contributed by atoms with Gasteiger partial charge in [-0.15, -0.1) is 11.3 Å². The predicted octanol–water partition coefficient (Wildman–Crippen LogP) is 4.02. The predicted molar refractivity (Wildman–Crippen MR) is 105 cm³/mol. The molecule has 0 fully saturated rings. The normalized spacial score (nSPS) is 13.7. The van der Waals surface area contributed by atoms with Crippen molar-refractivity contribution in [2.24, 2.45) is 0 Å². The van der Waals surface area contributed by atoms with Gasteiger partial charge in [0.25, 0.3) is 0 Å². The number of nitrogens with one attached hydrogen (secondary N) is 2. The summed E-state index contributed by atoms with van der Waals surface area (Å²) in [4.78, 5) is 13.7. The fourth-order valence-electron chi connectivity index (χ4n) is 3.46. The fraction of sp³-hybridized carbons (Fsp3) is 0.238. The summed E-state index contributed by atoms with van der Waals surface area (Å²) in [5.74, 6) is 0.584. The Morgan fingerprint density at radius 2 is 2.07 bits per heavy atom. The van der Waals surface area contributed by atoms with E-state index in [1.165, 1.54) is 16.2 Å². The lowest BCUT2D eigenvalue weighted by Crippen LogP contribution is -2.31. The van der Waals surface area contributed by atoms with Gasteiger partial charge in [-0.3, -0.25) is 10.1 Å². The molecule has 1 atom stereocenters. The standard InChI is InChI=1S/C21H19N3O2S/c22-12-16-15-8-4-10-18(15)27-21(16)24-19(25)13-23-20(17-9-5-11-26-17)14-6-2-1-3-7-14/h1-3,5-7,9,11,20,23H,4,8,10,13H2,(H,24,25)/t20-/m0/s1. The van der Waals surface area contributed by atoms with Crippen LogP contribution in [0.3, 0.4) is 0 Å². The summed E-state index contributed by atoms with van der Waals surface area (Å²) in [5, 5.41) is 16.3. The number of thiophene rings is 1. The number of anilines is 1. The second-order valence-electron chi connectivity index (χ2n) is 6.46. The van der Waals surface area contributed by atoms with Crippen LogP contribution in [0.2, 0.25) is 0 Å². The molecule has 0 radical (unpaired) electrons. The van der Waals surface area contributed by atoms with Crippen molar-refractivity contribution in [3.8, 4) is 6.07 Å². The smallest absolute Gasteiger partial charge is 0.238 e. The van der Waals surface area contributed by atoms with E-state index in [4.69, 9.17) is 4.42 Å². The molecule has 27 heavy (non-hydrogen) atoms. The first-order chi connectivity index (χ1) is 13.3. The summed E-state index contributed by atoms with van der Waals surface area (Å²) in [6.07, 6.45) is 4.64. The van der Waals surface area contributed by atoms with Crippen molar-refractivity contribution in [2.45, 2.75) is 25.3 Å². The average Bonchev–Trinajstić information content (AvgIpc) is 3.40. The van der Waals surface area contributed by atoms with Crippen molar-refractivity contribution in [1.29, 1.82) is 5.26 Å². The number of hydrogen-bond acceptors (Lipinski definition) is 5. The first kappa shape index (κ1) is 17.5. The monoisotopic (exact) mass is 377 g/mol. The van der Waals surface area contributed by atoms with E-state index in [1.54, 1.807) is 6.26 Å². The molecule has 3 aromatic rings. The van der Waals surface area contributed by atoms with E-state index in [9.17, 15) is 10.1 Å². The topological polar surface area (TPSA) is 78.1 Å². The summed E-state index contributed by atoms with van der Waals surface area (Å²) >= 11 is 1.53. The minimum atomic E-state index is -0.212. The third-order valence-corrected chi connectivity index (χ3v) is 5.92. The van der Waals surface area contributed by atoms with Crippen molar-refractivity contribution in [1.82, 2.24) is 5.32 Å². The number of rotatable bonds is 6. The molecule has 6 heteroatoms. The van der Waals surface area contributed by atoms with Crippen LogP contribution in [0, 0.1) is 11.3 Å². The third kappa shape index (κ3) is 3.65. The van der Waals surface area contributed by atoms with Gasteiger partial charge in [-0.1, -0.05) is 30.3 Å². The maximum absolute atomic E-state index is 12.5. The van der Waals surface area contributed by atoms with E-state index < -0.39 is 0 Å². The van der Waals surface area contributed by atoms with E-state index in [0.29, 0.717) is 10.6 Å². The minimum absolute atomic E-state index is 0.119. The highest BCUT2D eigenvalue weighted by Crippen LogP contribution is 2.38. The zero-order chi connectivity index (χ0) is 18.6. The number of furan rings is 1. The van der Waals surface area contributed by atoms with Gasteiger partial charge in [0.05, 0.1) is 24.4 Å². The van der Waals surface area contributed by atoms with Gasteiger partial charge in [-0.25, -0.2) is 0 Å². The van der Waals surface area contributed by atoms with Crippen LogP contribution in [-0.2, 0) is 17.6 Å². The van der Waals surface area contributed by atoms with Crippen LogP contribution in [0.1, 0.15) is 39.8 Å². The van der Waals surface area contributed by atoms with Crippen molar-refractivity contribution < 1.29 is 9.21 Å². The second kappa shape index (κ2) is 7.78. The first-order valence-corrected chi connectivity index (χ1v) is 9.74. The number of aryl methyl sites for hydroxylation is 1. The van der Waals surface area contributed by atoms with Gasteiger partial charge in [-0.05, 0) is 42.5 Å². The molecule has 2 heterocycles. The van der Waals surface area contributed by atoms with Gasteiger partial charge in [0.15, 0.2) is 0 Å². The highest BCUT2D eigenvalue weighted by Gasteiger charge is 2.23. The summed E-state index contributed by atoms with van der Waals surface area (Å²) in [6, 6.07) is 15.6. The van der Waals surface area contributed by atoms with Gasteiger partial charge in [-0.2, -0.15) is 5.26 Å². The van der Waals surface area contributed by atoms with Crippen LogP contribution in [0.5, 0.6) is 0 Å². The van der Waals surface area contributed by atoms with E-state index in [0.717, 1.165) is 36.1 Å². The Hall–Kier alpha value is -2.88. The van der Waals surface area contributed by atoms with E-state index >= 15 is 0 Å². The Morgan fingerprint density at radius 3 is 2.81 bits per heavy atom. The largest absolute Gasteiger partial charge is 0.467 e. The molecular formula is C21H19N3O2S. The molecule has 1 aromatic carbocycles. The van der Waals surface area contributed by atoms with Crippen LogP contribution in [0.4, 0.5) is 5.00 Å². The number of hydrogen-bond donors (Lipinski definition) is 2. The van der Waals surface area contributed by atoms with Crippen LogP contribution >= 0.6 is 11.3 Å². The highest BCUT2D eigenvalue weighted by molar-refractivity contribution is 7.16. The summed E-state index contributed by atoms with van der Waals surface area (Å²) in [6.45, 7) is 0.119. The lowest BCUT2D eigenvalue weighted by Gasteiger charge is -2.17. The third-order valence-electron chi connectivity index (χ3n) is 4.71. The van der Waals surface area contributed by atoms with Gasteiger partial charge in [0, 0.05) is 4.88 Å². The number of carbonyl (C=O) groups excluding carboxylic acids is 1. The molecule has 1 aliphatic carbocycles. The quantitative estimate of drug-likeness (QED) is 0.680. The molecule has 2 N–H and O–H groups in total. The molecule has 0 spiro atoms. The van der Waals surface area contributed by atoms with Crippen LogP contribution in [0.15, 0.2) is 53.1 Å². The van der Waals surface area contributed by atoms with E-state index in [2.05, 4.69) is 16.7 Å². The Bertz CT molecular complexity index is 971. The number of carbonyl (C=O) groups is 1. The molecule has 0 saturated carbocycles. The Balaban J connectivity index is 1.46. The van der Waals surface area contributed by atoms with Gasteiger partial charge < -0.3 is 9.73 Å². The first-order valence-electron chi connectivity index (χ1n) is 8.92. The van der Waals surface area contributed by atoms with Gasteiger partial charge in [0.2, 0.25) is 5.91 Å². The van der Waals surface area contributed by atoms with Crippen molar-refractivity contribution in [3.05, 3.63) is 76.1 Å². The lowest BCUT2D eigenvalue weighted by molar-refractivity contribution is -0.115. The fourth-order valence-corrected chi connectivity index (χ4v) is 4.72. The number of benzene rings is 1. The van der Waals surface area contributed by atoms with Crippen LogP contribution < -0.4 is 10.6 Å². The number of fused-ring (bicyclic) bond motifs is 1. The molecule has 1 amide bonds. The zero-order valence-corrected chi connectivity index (χ0v) is 15.5. The zero-order valence-electron chi connectivity index (χ0n) is 14.7. The molecule has 1 aliphatic rings. The Kier molecular flexibility index (Phi) is 5.05. The van der Waals surface area contributed by atoms with Crippen molar-refractivity contribution in [3.63, 3.8) is 0 Å². The van der Waals surface area contributed by atoms with Crippen LogP contribution in [-0.4, -0.2) is 12.5 Å². The van der Waals surface area contributed by atoms with Crippen molar-refractivity contribution in [2.75, 3.05) is 11.9 Å². The minimum Gasteiger partial charge on any atom is -0.467 e. The molecule has 136 valence electrons. The molecule has 0 unspecified atom stereocenters. The molecule has 2 aromatic heterocycles. The lowest BCUT2D eigenvalue weighted by atomic mass is 10.0. The van der Waals surface area contributed by atoms with Gasteiger partial charge >= 0.3 is 0 Å². The summed E-state index contributed by atoms with van der Waals surface area (Å²) in [5.41, 5.74) is 2.77. The molecule has 5 nitrogen and oxygen atoms in total. The Morgan fingerprint density at radius 1 is 1.22 bits per heavy atom. The number of nitriles is 1. The maximum Gasteiger partial charge on any atom is 0.238 e. The molecular weight excluding hydrogens is 358 g/mol. The van der Waals surface area contributed by atoms with Gasteiger partial charge in [0.1, 0.15) is 16.8 Å². The van der Waals surface area contributed by atoms with E-state index in [-0.39, 0.29) is 18.5 Å². The Labute approximate surface area is 161 Å². The summed E-state index contributed by atoms with van der Waals surface area (Å²) in [7, 11) is 0. The highest BCUT2D eigenvalue weighted by atomic mass is 32.1. The maximum atomic E-state index is 12.5. The average molecular weight is 377 g/mol. The molecule has 4 rings (SSSR count). The summed E-state index contributed by atoms with van der Waals surface area (Å²) < 4.78 is 5.54. The molecule has 0 bridgehead atoms. The number of nitrogens with zero attached hydrogens (tertiary/aromatic N) is 1. The number of amides is 1. The van der Waals surface area contributed by atoms with E-state index in [1.807, 2.05) is 42.5 Å². The SMILES string of the molecule is N#Cc1c(NC(=O)CN[C@@H](c2ccccc2)c2ccco2)sc2c1CCC2.